The number of aryl methyl sites for hydroxylation is 4. The smallest absolute Gasteiger partial charge is 0.108 e. The number of unbranched alkanes of at least 4 members (excludes halogenated alkanes) is 4. The van der Waals surface area contributed by atoms with Crippen molar-refractivity contribution >= 4 is 18.4 Å². The van der Waals surface area contributed by atoms with E-state index in [1.807, 2.05) is 0 Å². The molecule has 180 valence electrons. The molecule has 35 heavy (non-hydrogen) atoms. The van der Waals surface area contributed by atoms with Gasteiger partial charge in [0.1, 0.15) is 0 Å². The molecule has 3 aromatic rings. The summed E-state index contributed by atoms with van der Waals surface area (Å²) in [6.07, 6.45) is 8.17. The maximum atomic E-state index is 3.85. The van der Waals surface area contributed by atoms with E-state index in [0.29, 0.717) is 0 Å². The maximum Gasteiger partial charge on any atom is 0.276 e. The maximum absolute atomic E-state index is 3.85. The van der Waals surface area contributed by atoms with Crippen LogP contribution in [-0.2, 0) is 6.42 Å². The summed E-state index contributed by atoms with van der Waals surface area (Å²) < 4.78 is 0. The van der Waals surface area contributed by atoms with Crippen molar-refractivity contribution in [3.8, 4) is 22.9 Å². The zero-order valence-corrected chi connectivity index (χ0v) is 23.3. The molecule has 0 saturated heterocycles. The van der Waals surface area contributed by atoms with Gasteiger partial charge in [0, 0.05) is 12.0 Å². The van der Waals surface area contributed by atoms with Crippen molar-refractivity contribution in [1.29, 1.82) is 0 Å². The molecule has 0 heterocycles. The summed E-state index contributed by atoms with van der Waals surface area (Å²) in [5.41, 5.74) is 14.1. The zero-order chi connectivity index (χ0) is 25.1. The van der Waals surface area contributed by atoms with Gasteiger partial charge < -0.3 is 0 Å². The highest BCUT2D eigenvalue weighted by molar-refractivity contribution is 7.14. The van der Waals surface area contributed by atoms with Crippen molar-refractivity contribution in [3.05, 3.63) is 94.5 Å². The predicted octanol–water partition coefficient (Wildman–Crippen LogP) is 7.23. The van der Waals surface area contributed by atoms with Gasteiger partial charge in [0.05, 0.1) is 0 Å². The molecule has 0 aliphatic rings. The van der Waals surface area contributed by atoms with Crippen LogP contribution in [0.25, 0.3) is 0 Å². The van der Waals surface area contributed by atoms with E-state index in [4.69, 9.17) is 0 Å². The average molecular weight is 477 g/mol. The molecule has 1 heteroatoms. The summed E-state index contributed by atoms with van der Waals surface area (Å²) in [6.45, 7) is 11.1. The second-order valence-electron chi connectivity index (χ2n) is 9.70. The Hall–Kier alpha value is -3.00. The van der Waals surface area contributed by atoms with Crippen molar-refractivity contribution in [1.82, 2.24) is 0 Å². The molecule has 0 radical (unpaired) electrons. The van der Waals surface area contributed by atoms with E-state index >= 15 is 0 Å². The molecule has 0 saturated carbocycles. The Bertz CT molecular complexity index is 1190. The Kier molecular flexibility index (Phi) is 10.0. The molecule has 0 aliphatic heterocycles. The third-order valence-corrected chi connectivity index (χ3v) is 10.4. The Labute approximate surface area is 215 Å². The molecule has 0 fully saturated rings. The Morgan fingerprint density at radius 1 is 0.714 bits per heavy atom. The number of rotatable bonds is 8. The Morgan fingerprint density at radius 3 is 2.00 bits per heavy atom. The first-order valence-corrected chi connectivity index (χ1v) is 15.3. The topological polar surface area (TPSA) is 0 Å². The minimum atomic E-state index is -2.65. The number of hydrogen-bond acceptors (Lipinski definition) is 0. The van der Waals surface area contributed by atoms with E-state index in [-0.39, 0.29) is 0 Å². The Morgan fingerprint density at radius 2 is 1.37 bits per heavy atom. The first-order valence-electron chi connectivity index (χ1n) is 13.3. The summed E-state index contributed by atoms with van der Waals surface area (Å²) in [5.74, 6) is 7.17. The van der Waals surface area contributed by atoms with Crippen LogP contribution in [0.2, 0.25) is 0 Å². The highest BCUT2D eigenvalue weighted by Crippen LogP contribution is 2.15. The molecular weight excluding hydrogens is 436 g/mol. The van der Waals surface area contributed by atoms with E-state index in [1.165, 1.54) is 51.9 Å². The third-order valence-electron chi connectivity index (χ3n) is 6.61. The van der Waals surface area contributed by atoms with E-state index < -0.39 is 8.07 Å². The molecular formula is C34H40Si. The van der Waals surface area contributed by atoms with Gasteiger partial charge in [0.2, 0.25) is 0 Å². The number of hydrogen-bond donors (Lipinski definition) is 0. The van der Waals surface area contributed by atoms with Gasteiger partial charge in [-0.2, -0.15) is 0 Å². The van der Waals surface area contributed by atoms with E-state index in [1.54, 1.807) is 0 Å². The van der Waals surface area contributed by atoms with Crippen LogP contribution in [-0.4, -0.2) is 8.07 Å². The minimum Gasteiger partial charge on any atom is -0.108 e. The molecule has 1 unspecified atom stereocenters. The van der Waals surface area contributed by atoms with Crippen LogP contribution in [0.15, 0.2) is 66.7 Å². The lowest BCUT2D eigenvalue weighted by Crippen LogP contribution is -2.59. The van der Waals surface area contributed by atoms with Gasteiger partial charge in [-0.15, -0.1) is 11.5 Å². The molecule has 0 spiro atoms. The lowest BCUT2D eigenvalue weighted by molar-refractivity contribution is 0.717. The van der Waals surface area contributed by atoms with Crippen LogP contribution in [0, 0.1) is 43.7 Å². The van der Waals surface area contributed by atoms with Crippen LogP contribution >= 0.6 is 0 Å². The summed E-state index contributed by atoms with van der Waals surface area (Å²) in [6, 6.07) is 24.3. The average Bonchev–Trinajstić information content (AvgIpc) is 2.85. The fraction of sp³-hybridized carbons (Fsp3) is 0.353. The predicted molar refractivity (Wildman–Crippen MR) is 156 cm³/mol. The summed E-state index contributed by atoms with van der Waals surface area (Å²) >= 11 is 0. The molecule has 0 nitrogen and oxygen atoms in total. The van der Waals surface area contributed by atoms with Gasteiger partial charge in [-0.25, -0.2) is 0 Å². The van der Waals surface area contributed by atoms with Crippen LogP contribution in [0.5, 0.6) is 0 Å². The first-order chi connectivity index (χ1) is 17.0. The summed E-state index contributed by atoms with van der Waals surface area (Å²) in [4.78, 5) is 0. The third kappa shape index (κ3) is 7.00. The van der Waals surface area contributed by atoms with Gasteiger partial charge in [-0.05, 0) is 79.2 Å². The SMILES string of the molecule is CCCCC#C[Si](C#Cc1ccc(CCCCC)cc1)(c1ccccc1)c1c(C)cc(C)cc1C. The fourth-order valence-electron chi connectivity index (χ4n) is 4.86. The van der Waals surface area contributed by atoms with Crippen molar-refractivity contribution in [2.24, 2.45) is 0 Å². The van der Waals surface area contributed by atoms with Crippen molar-refractivity contribution < 1.29 is 0 Å². The molecule has 0 aromatic heterocycles. The fourth-order valence-corrected chi connectivity index (χ4v) is 8.50. The molecule has 0 amide bonds. The lowest BCUT2D eigenvalue weighted by atomic mass is 10.1. The molecule has 0 aliphatic carbocycles. The molecule has 0 bridgehead atoms. The van der Waals surface area contributed by atoms with E-state index in [0.717, 1.165) is 31.2 Å². The molecule has 1 atom stereocenters. The first kappa shape index (κ1) is 26.6. The summed E-state index contributed by atoms with van der Waals surface area (Å²) in [7, 11) is -2.65. The normalized spacial score (nSPS) is 12.1. The standard InChI is InChI=1S/C34H40Si/c1-6-8-10-15-24-35(33-17-13-11-14-18-33,34-29(4)26-28(3)27-30(34)5)25-23-32-21-19-31(20-22-32)16-12-9-7-2/h11,13-14,17-22,26-27H,6-10,12,16H2,1-5H3. The highest BCUT2D eigenvalue weighted by Gasteiger charge is 2.37. The minimum absolute atomic E-state index is 0.927. The monoisotopic (exact) mass is 476 g/mol. The summed E-state index contributed by atoms with van der Waals surface area (Å²) in [5, 5.41) is 2.64. The van der Waals surface area contributed by atoms with Crippen LogP contribution < -0.4 is 10.4 Å². The largest absolute Gasteiger partial charge is 0.276 e. The van der Waals surface area contributed by atoms with Gasteiger partial charge in [0.15, 0.2) is 0 Å². The van der Waals surface area contributed by atoms with Crippen LogP contribution in [0.4, 0.5) is 0 Å². The van der Waals surface area contributed by atoms with Crippen LogP contribution in [0.1, 0.15) is 80.2 Å². The van der Waals surface area contributed by atoms with Gasteiger partial charge in [-0.1, -0.05) is 105 Å². The highest BCUT2D eigenvalue weighted by atomic mass is 28.3. The van der Waals surface area contributed by atoms with Crippen LogP contribution in [0.3, 0.4) is 0 Å². The molecule has 0 N–H and O–H groups in total. The molecule has 3 rings (SSSR count). The quantitative estimate of drug-likeness (QED) is 0.183. The second-order valence-corrected chi connectivity index (χ2v) is 12.8. The molecule has 3 aromatic carbocycles. The lowest BCUT2D eigenvalue weighted by Gasteiger charge is -2.26. The van der Waals surface area contributed by atoms with E-state index in [2.05, 4.69) is 124 Å². The number of benzene rings is 3. The zero-order valence-electron chi connectivity index (χ0n) is 22.3. The van der Waals surface area contributed by atoms with Gasteiger partial charge >= 0.3 is 0 Å². The van der Waals surface area contributed by atoms with Crippen molar-refractivity contribution in [3.63, 3.8) is 0 Å². The van der Waals surface area contributed by atoms with E-state index in [9.17, 15) is 0 Å². The van der Waals surface area contributed by atoms with Crippen molar-refractivity contribution in [2.75, 3.05) is 0 Å². The van der Waals surface area contributed by atoms with Gasteiger partial charge in [0.25, 0.3) is 8.07 Å². The second kappa shape index (κ2) is 13.2. The van der Waals surface area contributed by atoms with Gasteiger partial charge in [-0.3, -0.25) is 0 Å². The Balaban J connectivity index is 2.16. The van der Waals surface area contributed by atoms with Crippen molar-refractivity contribution in [2.45, 2.75) is 79.6 Å².